The number of ketones is 1. The molecule has 5 nitrogen and oxygen atoms in total. The molecule has 0 N–H and O–H groups in total. The Morgan fingerprint density at radius 2 is 1.77 bits per heavy atom. The van der Waals surface area contributed by atoms with Gasteiger partial charge in [-0.2, -0.15) is 0 Å². The average Bonchev–Trinajstić information content (AvgIpc) is 3.33. The van der Waals surface area contributed by atoms with E-state index in [-0.39, 0.29) is 11.7 Å². The summed E-state index contributed by atoms with van der Waals surface area (Å²) in [5, 5.41) is 1.89. The Morgan fingerprint density at radius 1 is 1.00 bits per heavy atom. The number of nitrogens with zero attached hydrogens (tertiary/aromatic N) is 2. The number of thiophene rings is 1. The minimum absolute atomic E-state index is 0.0414. The number of hydrogen-bond acceptors (Lipinski definition) is 5. The van der Waals surface area contributed by atoms with Crippen molar-refractivity contribution in [3.05, 3.63) is 57.8 Å². The molecule has 0 spiro atoms. The Balaban J connectivity index is 1.74. The third-order valence-corrected chi connectivity index (χ3v) is 6.37. The van der Waals surface area contributed by atoms with Crippen LogP contribution in [0.3, 0.4) is 0 Å². The summed E-state index contributed by atoms with van der Waals surface area (Å²) in [6.07, 6.45) is 4.45. The lowest BCUT2D eigenvalue weighted by Crippen LogP contribution is -2.43. The molecule has 1 saturated heterocycles. The molecular formula is C24H32N2O3S. The second kappa shape index (κ2) is 12.0. The maximum atomic E-state index is 13.5. The van der Waals surface area contributed by atoms with Crippen LogP contribution in [0.15, 0.2) is 41.8 Å². The molecule has 1 aliphatic rings. The molecule has 1 amide bonds. The molecule has 6 heteroatoms. The molecule has 0 saturated carbocycles. The van der Waals surface area contributed by atoms with Crippen LogP contribution in [0.2, 0.25) is 0 Å². The highest BCUT2D eigenvalue weighted by Crippen LogP contribution is 2.20. The number of unbranched alkanes of at least 4 members (excludes halogenated alkanes) is 3. The molecule has 1 fully saturated rings. The quantitative estimate of drug-likeness (QED) is 0.395. The van der Waals surface area contributed by atoms with E-state index in [1.54, 1.807) is 12.1 Å². The van der Waals surface area contributed by atoms with Crippen LogP contribution in [0.25, 0.3) is 0 Å². The minimum atomic E-state index is -0.0759. The standard InChI is InChI=1S/C24H32N2O3S/c1-2-3-4-7-12-26(14-13-25-15-17-29-18-16-25)24(28)21-10-6-5-9-20(21)23(27)22-11-8-19-30-22/h5-6,8-11,19H,2-4,7,12-18H2,1H3. The van der Waals surface area contributed by atoms with E-state index in [4.69, 9.17) is 4.74 Å². The van der Waals surface area contributed by atoms with E-state index >= 15 is 0 Å². The number of morpholine rings is 1. The summed E-state index contributed by atoms with van der Waals surface area (Å²) in [6.45, 7) is 7.75. The fraction of sp³-hybridized carbons (Fsp3) is 0.500. The van der Waals surface area contributed by atoms with E-state index in [0.29, 0.717) is 22.5 Å². The first-order valence-electron chi connectivity index (χ1n) is 11.0. The zero-order chi connectivity index (χ0) is 21.2. The largest absolute Gasteiger partial charge is 0.379 e. The molecule has 0 aliphatic carbocycles. The van der Waals surface area contributed by atoms with Crippen LogP contribution in [-0.2, 0) is 4.74 Å². The Bertz CT molecular complexity index is 801. The van der Waals surface area contributed by atoms with Gasteiger partial charge in [-0.3, -0.25) is 14.5 Å². The fourth-order valence-corrected chi connectivity index (χ4v) is 4.39. The topological polar surface area (TPSA) is 49.9 Å². The lowest BCUT2D eigenvalue weighted by Gasteiger charge is -2.30. The van der Waals surface area contributed by atoms with Crippen molar-refractivity contribution in [2.75, 3.05) is 45.9 Å². The second-order valence-electron chi connectivity index (χ2n) is 7.66. The molecular weight excluding hydrogens is 396 g/mol. The number of rotatable bonds is 11. The minimum Gasteiger partial charge on any atom is -0.379 e. The third-order valence-electron chi connectivity index (χ3n) is 5.51. The maximum absolute atomic E-state index is 13.5. The van der Waals surface area contributed by atoms with Crippen molar-refractivity contribution < 1.29 is 14.3 Å². The summed E-state index contributed by atoms with van der Waals surface area (Å²) < 4.78 is 5.43. The smallest absolute Gasteiger partial charge is 0.254 e. The Hall–Kier alpha value is -2.02. The molecule has 3 rings (SSSR count). The first-order valence-corrected chi connectivity index (χ1v) is 11.8. The summed E-state index contributed by atoms with van der Waals surface area (Å²) in [5.74, 6) is -0.117. The fourth-order valence-electron chi connectivity index (χ4n) is 3.71. The zero-order valence-electron chi connectivity index (χ0n) is 17.8. The van der Waals surface area contributed by atoms with E-state index in [1.165, 1.54) is 24.2 Å². The molecule has 1 aromatic carbocycles. The van der Waals surface area contributed by atoms with Crippen molar-refractivity contribution in [3.63, 3.8) is 0 Å². The molecule has 0 radical (unpaired) electrons. The molecule has 1 aromatic heterocycles. The lowest BCUT2D eigenvalue weighted by molar-refractivity contribution is 0.0324. The van der Waals surface area contributed by atoms with Gasteiger partial charge in [-0.1, -0.05) is 50.5 Å². The van der Waals surface area contributed by atoms with E-state index < -0.39 is 0 Å². The van der Waals surface area contributed by atoms with Gasteiger partial charge in [-0.15, -0.1) is 11.3 Å². The molecule has 30 heavy (non-hydrogen) atoms. The van der Waals surface area contributed by atoms with Crippen molar-refractivity contribution in [3.8, 4) is 0 Å². The molecule has 2 heterocycles. The number of benzene rings is 1. The molecule has 0 bridgehead atoms. The van der Waals surface area contributed by atoms with Crippen molar-refractivity contribution in [2.24, 2.45) is 0 Å². The molecule has 0 atom stereocenters. The molecule has 2 aromatic rings. The van der Waals surface area contributed by atoms with Gasteiger partial charge in [-0.05, 0) is 23.9 Å². The van der Waals surface area contributed by atoms with Crippen LogP contribution in [0.4, 0.5) is 0 Å². The number of carbonyl (C=O) groups is 2. The van der Waals surface area contributed by atoms with Gasteiger partial charge >= 0.3 is 0 Å². The van der Waals surface area contributed by atoms with Gasteiger partial charge in [0.05, 0.1) is 23.7 Å². The molecule has 1 aliphatic heterocycles. The predicted molar refractivity (Wildman–Crippen MR) is 121 cm³/mol. The van der Waals surface area contributed by atoms with Crippen molar-refractivity contribution >= 4 is 23.0 Å². The van der Waals surface area contributed by atoms with Gasteiger partial charge in [0.25, 0.3) is 5.91 Å². The van der Waals surface area contributed by atoms with E-state index in [9.17, 15) is 9.59 Å². The van der Waals surface area contributed by atoms with Gasteiger partial charge in [0, 0.05) is 38.3 Å². The highest BCUT2D eigenvalue weighted by Gasteiger charge is 2.23. The monoisotopic (exact) mass is 428 g/mol. The summed E-state index contributed by atoms with van der Waals surface area (Å²) in [6, 6.07) is 10.9. The lowest BCUT2D eigenvalue weighted by atomic mass is 10.0. The van der Waals surface area contributed by atoms with Gasteiger partial charge in [0.1, 0.15) is 0 Å². The number of hydrogen-bond donors (Lipinski definition) is 0. The van der Waals surface area contributed by atoms with E-state index in [2.05, 4.69) is 11.8 Å². The third kappa shape index (κ3) is 6.24. The first-order chi connectivity index (χ1) is 14.7. The number of ether oxygens (including phenoxy) is 1. The van der Waals surface area contributed by atoms with Gasteiger partial charge in [0.2, 0.25) is 5.78 Å². The van der Waals surface area contributed by atoms with Gasteiger partial charge < -0.3 is 9.64 Å². The van der Waals surface area contributed by atoms with Crippen LogP contribution in [-0.4, -0.2) is 67.4 Å². The van der Waals surface area contributed by atoms with Gasteiger partial charge in [0.15, 0.2) is 0 Å². The summed E-state index contributed by atoms with van der Waals surface area (Å²) in [5.41, 5.74) is 1.00. The summed E-state index contributed by atoms with van der Waals surface area (Å²) in [7, 11) is 0. The van der Waals surface area contributed by atoms with Crippen molar-refractivity contribution in [1.29, 1.82) is 0 Å². The Kier molecular flexibility index (Phi) is 9.05. The second-order valence-corrected chi connectivity index (χ2v) is 8.61. The Labute approximate surface area is 183 Å². The number of carbonyl (C=O) groups excluding carboxylic acids is 2. The van der Waals surface area contributed by atoms with Crippen LogP contribution < -0.4 is 0 Å². The highest BCUT2D eigenvalue weighted by molar-refractivity contribution is 7.12. The molecule has 162 valence electrons. The van der Waals surface area contributed by atoms with E-state index in [1.807, 2.05) is 34.5 Å². The van der Waals surface area contributed by atoms with Crippen LogP contribution >= 0.6 is 11.3 Å². The maximum Gasteiger partial charge on any atom is 0.254 e. The van der Waals surface area contributed by atoms with Crippen LogP contribution in [0, 0.1) is 0 Å². The Morgan fingerprint density at radius 3 is 2.47 bits per heavy atom. The van der Waals surface area contributed by atoms with Crippen LogP contribution in [0.1, 0.15) is 58.2 Å². The normalized spacial score (nSPS) is 14.6. The first kappa shape index (κ1) is 22.7. The zero-order valence-corrected chi connectivity index (χ0v) is 18.7. The average molecular weight is 429 g/mol. The summed E-state index contributed by atoms with van der Waals surface area (Å²) in [4.78, 5) is 31.4. The van der Waals surface area contributed by atoms with Crippen molar-refractivity contribution in [2.45, 2.75) is 32.6 Å². The predicted octanol–water partition coefficient (Wildman–Crippen LogP) is 4.33. The highest BCUT2D eigenvalue weighted by atomic mass is 32.1. The number of amides is 1. The molecule has 0 unspecified atom stereocenters. The van der Waals surface area contributed by atoms with Gasteiger partial charge in [-0.25, -0.2) is 0 Å². The summed E-state index contributed by atoms with van der Waals surface area (Å²) >= 11 is 1.41. The van der Waals surface area contributed by atoms with Crippen molar-refractivity contribution in [1.82, 2.24) is 9.80 Å². The SMILES string of the molecule is CCCCCCN(CCN1CCOCC1)C(=O)c1ccccc1C(=O)c1cccs1. The van der Waals surface area contributed by atoms with E-state index in [0.717, 1.165) is 52.2 Å². The van der Waals surface area contributed by atoms with Crippen LogP contribution in [0.5, 0.6) is 0 Å².